The molecule has 0 saturated carbocycles. The zero-order chi connectivity index (χ0) is 10.6. The highest BCUT2D eigenvalue weighted by molar-refractivity contribution is 14.1. The van der Waals surface area contributed by atoms with Crippen molar-refractivity contribution in [1.82, 2.24) is 0 Å². The molecule has 0 unspecified atom stereocenters. The van der Waals surface area contributed by atoms with Crippen molar-refractivity contribution in [2.24, 2.45) is 5.41 Å². The van der Waals surface area contributed by atoms with Gasteiger partial charge in [0.15, 0.2) is 0 Å². The van der Waals surface area contributed by atoms with E-state index < -0.39 is 0 Å². The van der Waals surface area contributed by atoms with E-state index >= 15 is 0 Å². The SMILES string of the molecule is CC(CBr)(CBr)Cc1ccc(I)cc1. The number of benzene rings is 1. The third-order valence-electron chi connectivity index (χ3n) is 2.19. The molecule has 0 amide bonds. The van der Waals surface area contributed by atoms with Crippen molar-refractivity contribution in [1.29, 1.82) is 0 Å². The van der Waals surface area contributed by atoms with Gasteiger partial charge in [-0.3, -0.25) is 0 Å². The van der Waals surface area contributed by atoms with Crippen LogP contribution < -0.4 is 0 Å². The molecular weight excluding hydrogens is 419 g/mol. The number of halogens is 3. The Morgan fingerprint density at radius 1 is 1.14 bits per heavy atom. The van der Waals surface area contributed by atoms with E-state index in [9.17, 15) is 0 Å². The maximum atomic E-state index is 3.57. The first kappa shape index (κ1) is 13.0. The minimum absolute atomic E-state index is 0.312. The molecule has 0 nitrogen and oxygen atoms in total. The summed E-state index contributed by atoms with van der Waals surface area (Å²) in [6, 6.07) is 8.76. The molecule has 0 aliphatic carbocycles. The summed E-state index contributed by atoms with van der Waals surface area (Å²) in [5.74, 6) is 0. The van der Waals surface area contributed by atoms with Crippen molar-refractivity contribution in [2.75, 3.05) is 10.7 Å². The molecule has 0 fully saturated rings. The van der Waals surface area contributed by atoms with Crippen LogP contribution >= 0.6 is 54.5 Å². The van der Waals surface area contributed by atoms with Crippen LogP contribution in [-0.4, -0.2) is 10.7 Å². The zero-order valence-corrected chi connectivity index (χ0v) is 13.4. The van der Waals surface area contributed by atoms with Gasteiger partial charge in [-0.1, -0.05) is 50.9 Å². The van der Waals surface area contributed by atoms with Gasteiger partial charge in [-0.2, -0.15) is 0 Å². The van der Waals surface area contributed by atoms with Crippen LogP contribution in [0.1, 0.15) is 12.5 Å². The first-order chi connectivity index (χ1) is 6.59. The highest BCUT2D eigenvalue weighted by atomic mass is 127. The summed E-state index contributed by atoms with van der Waals surface area (Å²) in [4.78, 5) is 0. The van der Waals surface area contributed by atoms with Gasteiger partial charge < -0.3 is 0 Å². The van der Waals surface area contributed by atoms with E-state index in [1.807, 2.05) is 0 Å². The second kappa shape index (κ2) is 5.85. The third kappa shape index (κ3) is 3.81. The first-order valence-corrected chi connectivity index (χ1v) is 7.78. The molecule has 0 aliphatic rings. The highest BCUT2D eigenvalue weighted by Crippen LogP contribution is 2.27. The molecule has 78 valence electrons. The largest absolute Gasteiger partial charge is 0.0922 e. The number of rotatable bonds is 4. The Bertz CT molecular complexity index is 278. The Kier molecular flexibility index (Phi) is 5.42. The quantitative estimate of drug-likeness (QED) is 0.481. The summed E-state index contributed by atoms with van der Waals surface area (Å²) in [6.07, 6.45) is 1.11. The molecule has 0 atom stereocenters. The average molecular weight is 432 g/mol. The molecule has 0 aliphatic heterocycles. The van der Waals surface area contributed by atoms with Crippen LogP contribution in [0.25, 0.3) is 0 Å². The molecular formula is C11H13Br2I. The second-order valence-corrected chi connectivity index (χ2v) is 6.25. The van der Waals surface area contributed by atoms with Crippen molar-refractivity contribution < 1.29 is 0 Å². The molecule has 0 saturated heterocycles. The van der Waals surface area contributed by atoms with E-state index in [1.54, 1.807) is 0 Å². The minimum Gasteiger partial charge on any atom is -0.0922 e. The molecule has 0 bridgehead atoms. The highest BCUT2D eigenvalue weighted by Gasteiger charge is 2.21. The lowest BCUT2D eigenvalue weighted by atomic mass is 9.88. The summed E-state index contributed by atoms with van der Waals surface area (Å²) in [5, 5.41) is 2.05. The van der Waals surface area contributed by atoms with Crippen molar-refractivity contribution in [3.63, 3.8) is 0 Å². The maximum absolute atomic E-state index is 3.57. The first-order valence-electron chi connectivity index (χ1n) is 4.46. The predicted molar refractivity (Wildman–Crippen MR) is 78.6 cm³/mol. The summed E-state index contributed by atoms with van der Waals surface area (Å²) in [7, 11) is 0. The van der Waals surface area contributed by atoms with Gasteiger partial charge >= 0.3 is 0 Å². The lowest BCUT2D eigenvalue weighted by Gasteiger charge is -2.24. The molecule has 0 spiro atoms. The second-order valence-electron chi connectivity index (χ2n) is 3.88. The molecule has 0 heterocycles. The standard InChI is InChI=1S/C11H13Br2I/c1-11(7-12,8-13)6-9-2-4-10(14)5-3-9/h2-5H,6-8H2,1H3. The Balaban J connectivity index is 2.72. The van der Waals surface area contributed by atoms with Crippen LogP contribution in [0, 0.1) is 8.99 Å². The summed E-state index contributed by atoms with van der Waals surface area (Å²) < 4.78 is 1.30. The molecule has 1 aromatic carbocycles. The van der Waals surface area contributed by atoms with Crippen LogP contribution in [0.2, 0.25) is 0 Å². The van der Waals surface area contributed by atoms with Gasteiger partial charge in [0.2, 0.25) is 0 Å². The fraction of sp³-hybridized carbons (Fsp3) is 0.455. The molecule has 1 rings (SSSR count). The van der Waals surface area contributed by atoms with Gasteiger partial charge in [0.25, 0.3) is 0 Å². The van der Waals surface area contributed by atoms with Crippen molar-refractivity contribution >= 4 is 54.5 Å². The van der Waals surface area contributed by atoms with Crippen LogP contribution in [0.4, 0.5) is 0 Å². The maximum Gasteiger partial charge on any atom is 0.0130 e. The predicted octanol–water partition coefficient (Wildman–Crippen LogP) is 4.63. The average Bonchev–Trinajstić information content (AvgIpc) is 2.21. The van der Waals surface area contributed by atoms with E-state index in [-0.39, 0.29) is 0 Å². The van der Waals surface area contributed by atoms with E-state index in [0.29, 0.717) is 5.41 Å². The van der Waals surface area contributed by atoms with Crippen LogP contribution in [0.3, 0.4) is 0 Å². The molecule has 0 radical (unpaired) electrons. The summed E-state index contributed by atoms with van der Waals surface area (Å²) in [5.41, 5.74) is 1.72. The Morgan fingerprint density at radius 2 is 1.64 bits per heavy atom. The topological polar surface area (TPSA) is 0 Å². The summed E-state index contributed by atoms with van der Waals surface area (Å²) in [6.45, 7) is 2.29. The normalized spacial score (nSPS) is 11.7. The monoisotopic (exact) mass is 430 g/mol. The Hall–Kier alpha value is 0.910. The smallest absolute Gasteiger partial charge is 0.0130 e. The Morgan fingerprint density at radius 3 is 2.07 bits per heavy atom. The number of hydrogen-bond acceptors (Lipinski definition) is 0. The van der Waals surface area contributed by atoms with Crippen molar-refractivity contribution in [3.8, 4) is 0 Å². The van der Waals surface area contributed by atoms with Crippen molar-refractivity contribution in [2.45, 2.75) is 13.3 Å². The van der Waals surface area contributed by atoms with Crippen LogP contribution in [-0.2, 0) is 6.42 Å². The molecule has 3 heteroatoms. The fourth-order valence-corrected chi connectivity index (χ4v) is 2.91. The van der Waals surface area contributed by atoms with E-state index in [1.165, 1.54) is 9.13 Å². The van der Waals surface area contributed by atoms with E-state index in [0.717, 1.165) is 17.1 Å². The zero-order valence-electron chi connectivity index (χ0n) is 8.06. The van der Waals surface area contributed by atoms with Gasteiger partial charge in [0.05, 0.1) is 0 Å². The summed E-state index contributed by atoms with van der Waals surface area (Å²) >= 11 is 9.48. The van der Waals surface area contributed by atoms with Gasteiger partial charge in [-0.25, -0.2) is 0 Å². The molecule has 14 heavy (non-hydrogen) atoms. The van der Waals surface area contributed by atoms with Gasteiger partial charge in [0, 0.05) is 14.2 Å². The third-order valence-corrected chi connectivity index (χ3v) is 5.62. The van der Waals surface area contributed by atoms with E-state index in [4.69, 9.17) is 0 Å². The molecule has 0 aromatic heterocycles. The molecule has 0 N–H and O–H groups in total. The van der Waals surface area contributed by atoms with Gasteiger partial charge in [0.1, 0.15) is 0 Å². The van der Waals surface area contributed by atoms with Crippen LogP contribution in [0.5, 0.6) is 0 Å². The van der Waals surface area contributed by atoms with Gasteiger partial charge in [-0.15, -0.1) is 0 Å². The fourth-order valence-electron chi connectivity index (χ4n) is 1.23. The minimum atomic E-state index is 0.312. The van der Waals surface area contributed by atoms with E-state index in [2.05, 4.69) is 85.6 Å². The number of alkyl halides is 2. The van der Waals surface area contributed by atoms with Crippen molar-refractivity contribution in [3.05, 3.63) is 33.4 Å². The van der Waals surface area contributed by atoms with Gasteiger partial charge in [-0.05, 0) is 52.1 Å². The molecule has 1 aromatic rings. The lowest BCUT2D eigenvalue weighted by Crippen LogP contribution is -2.23. The van der Waals surface area contributed by atoms with Crippen LogP contribution in [0.15, 0.2) is 24.3 Å². The lowest BCUT2D eigenvalue weighted by molar-refractivity contribution is 0.439. The number of hydrogen-bond donors (Lipinski definition) is 0. The Labute approximate surface area is 116 Å².